The van der Waals surface area contributed by atoms with Gasteiger partial charge < -0.3 is 31.9 Å². The molecule has 0 rings (SSSR count). The lowest BCUT2D eigenvalue weighted by molar-refractivity contribution is -0.143. The van der Waals surface area contributed by atoms with Gasteiger partial charge in [0.15, 0.2) is 0 Å². The molecule has 3 amide bonds. The van der Waals surface area contributed by atoms with Gasteiger partial charge in [0.1, 0.15) is 24.2 Å². The van der Waals surface area contributed by atoms with Gasteiger partial charge in [-0.05, 0) is 31.3 Å². The van der Waals surface area contributed by atoms with E-state index < -0.39 is 54.0 Å². The Kier molecular flexibility index (Phi) is 13.0. The number of carboxylic acids is 1. The Morgan fingerprint density at radius 2 is 1.52 bits per heavy atom. The van der Waals surface area contributed by atoms with Crippen LogP contribution >= 0.6 is 24.4 Å². The number of hydrogen-bond acceptors (Lipinski definition) is 8. The molecular weight excluding hydrogens is 420 g/mol. The van der Waals surface area contributed by atoms with Crippen molar-refractivity contribution >= 4 is 48.1 Å². The minimum absolute atomic E-state index is 0.0710. The second-order valence-electron chi connectivity index (χ2n) is 6.92. The van der Waals surface area contributed by atoms with Gasteiger partial charge in [-0.25, -0.2) is 4.79 Å². The van der Waals surface area contributed by atoms with Crippen LogP contribution in [0.4, 0.5) is 0 Å². The van der Waals surface area contributed by atoms with Crippen LogP contribution in [0.25, 0.3) is 0 Å². The molecular formula is C17H32N4O6S2. The Morgan fingerprint density at radius 1 is 1.00 bits per heavy atom. The maximum Gasteiger partial charge on any atom is 0.326 e. The maximum atomic E-state index is 12.6. The highest BCUT2D eigenvalue weighted by Crippen LogP contribution is 2.05. The molecule has 0 bridgehead atoms. The first-order chi connectivity index (χ1) is 13.5. The summed E-state index contributed by atoms with van der Waals surface area (Å²) in [4.78, 5) is 48.4. The van der Waals surface area contributed by atoms with Crippen LogP contribution < -0.4 is 21.7 Å². The van der Waals surface area contributed by atoms with E-state index in [0.29, 0.717) is 5.75 Å². The molecule has 5 unspecified atom stereocenters. The van der Waals surface area contributed by atoms with Gasteiger partial charge in [0.2, 0.25) is 17.7 Å². The van der Waals surface area contributed by atoms with Crippen LogP contribution in [0.5, 0.6) is 0 Å². The standard InChI is InChI=1S/C17H32N4O6S2/c1-8(2)13(17(26)27)21-15(24)11(7-28)20-14(23)10(5-6-29-4)19-16(25)12(18)9(3)22/h8-13,22,28H,5-7,18H2,1-4H3,(H,19,25)(H,20,23)(H,21,24)(H,26,27). The number of carbonyl (C=O) groups is 4. The lowest BCUT2D eigenvalue weighted by Gasteiger charge is -2.25. The average molecular weight is 453 g/mol. The Morgan fingerprint density at radius 3 is 1.93 bits per heavy atom. The van der Waals surface area contributed by atoms with Crippen molar-refractivity contribution in [3.63, 3.8) is 0 Å². The number of thiol groups is 1. The number of carboxylic acid groups (broad SMARTS) is 1. The van der Waals surface area contributed by atoms with E-state index in [2.05, 4.69) is 28.6 Å². The van der Waals surface area contributed by atoms with E-state index in [1.807, 2.05) is 6.26 Å². The van der Waals surface area contributed by atoms with Gasteiger partial charge in [0, 0.05) is 5.75 Å². The molecule has 168 valence electrons. The molecule has 0 aliphatic carbocycles. The zero-order valence-electron chi connectivity index (χ0n) is 17.0. The molecule has 5 atom stereocenters. The summed E-state index contributed by atoms with van der Waals surface area (Å²) in [7, 11) is 0. The number of aliphatic hydroxyl groups excluding tert-OH is 1. The third-order valence-electron chi connectivity index (χ3n) is 4.11. The predicted octanol–water partition coefficient (Wildman–Crippen LogP) is -1.43. The summed E-state index contributed by atoms with van der Waals surface area (Å²) in [6, 6.07) is -4.38. The molecule has 0 aromatic heterocycles. The molecule has 10 nitrogen and oxygen atoms in total. The first-order valence-corrected chi connectivity index (χ1v) is 11.2. The van der Waals surface area contributed by atoms with Crippen molar-refractivity contribution in [2.24, 2.45) is 11.7 Å². The number of rotatable bonds is 13. The molecule has 29 heavy (non-hydrogen) atoms. The van der Waals surface area contributed by atoms with Gasteiger partial charge in [0.05, 0.1) is 6.10 Å². The van der Waals surface area contributed by atoms with Crippen molar-refractivity contribution in [3.8, 4) is 0 Å². The van der Waals surface area contributed by atoms with Gasteiger partial charge in [-0.2, -0.15) is 24.4 Å². The van der Waals surface area contributed by atoms with Crippen molar-refractivity contribution < 1.29 is 29.4 Å². The molecule has 7 N–H and O–H groups in total. The first kappa shape index (κ1) is 27.5. The van der Waals surface area contributed by atoms with Gasteiger partial charge in [0.25, 0.3) is 0 Å². The quantitative estimate of drug-likeness (QED) is 0.167. The van der Waals surface area contributed by atoms with E-state index >= 15 is 0 Å². The Hall–Kier alpha value is -1.50. The Bertz CT molecular complexity index is 576. The first-order valence-electron chi connectivity index (χ1n) is 9.13. The minimum Gasteiger partial charge on any atom is -0.480 e. The Balaban J connectivity index is 5.19. The van der Waals surface area contributed by atoms with Crippen LogP contribution in [0.3, 0.4) is 0 Å². The van der Waals surface area contributed by atoms with E-state index in [4.69, 9.17) is 5.73 Å². The number of amides is 3. The second-order valence-corrected chi connectivity index (χ2v) is 8.27. The summed E-state index contributed by atoms with van der Waals surface area (Å²) < 4.78 is 0. The third-order valence-corrected chi connectivity index (χ3v) is 5.12. The number of carbonyl (C=O) groups excluding carboxylic acids is 3. The molecule has 0 spiro atoms. The molecule has 0 aliphatic rings. The van der Waals surface area contributed by atoms with E-state index in [1.165, 1.54) is 18.7 Å². The number of nitrogens with two attached hydrogens (primary N) is 1. The smallest absolute Gasteiger partial charge is 0.326 e. The maximum absolute atomic E-state index is 12.6. The fourth-order valence-electron chi connectivity index (χ4n) is 2.23. The zero-order valence-corrected chi connectivity index (χ0v) is 18.8. The second kappa shape index (κ2) is 13.7. The highest BCUT2D eigenvalue weighted by molar-refractivity contribution is 7.98. The molecule has 0 aromatic carbocycles. The van der Waals surface area contributed by atoms with Gasteiger partial charge in [-0.1, -0.05) is 13.8 Å². The van der Waals surface area contributed by atoms with Crippen molar-refractivity contribution in [1.82, 2.24) is 16.0 Å². The molecule has 0 saturated heterocycles. The lowest BCUT2D eigenvalue weighted by Crippen LogP contribution is -2.59. The molecule has 12 heteroatoms. The van der Waals surface area contributed by atoms with Crippen molar-refractivity contribution in [3.05, 3.63) is 0 Å². The summed E-state index contributed by atoms with van der Waals surface area (Å²) in [5.74, 6) is -3.08. The highest BCUT2D eigenvalue weighted by atomic mass is 32.2. The summed E-state index contributed by atoms with van der Waals surface area (Å²) in [6.07, 6.45) is 1.01. The molecule has 0 fully saturated rings. The number of nitrogens with one attached hydrogen (secondary N) is 3. The van der Waals surface area contributed by atoms with Gasteiger partial charge >= 0.3 is 5.97 Å². The van der Waals surface area contributed by atoms with Crippen molar-refractivity contribution in [2.45, 2.75) is 57.5 Å². The molecule has 0 aliphatic heterocycles. The van der Waals surface area contributed by atoms with Crippen LogP contribution in [0, 0.1) is 5.92 Å². The normalized spacial score (nSPS) is 16.3. The van der Waals surface area contributed by atoms with E-state index in [-0.39, 0.29) is 18.1 Å². The Labute approximate surface area is 180 Å². The monoisotopic (exact) mass is 452 g/mol. The van der Waals surface area contributed by atoms with Crippen molar-refractivity contribution in [1.29, 1.82) is 0 Å². The minimum atomic E-state index is -1.20. The lowest BCUT2D eigenvalue weighted by atomic mass is 10.0. The summed E-state index contributed by atoms with van der Waals surface area (Å²) in [5.41, 5.74) is 5.59. The number of aliphatic carboxylic acids is 1. The number of aliphatic hydroxyl groups is 1. The topological polar surface area (TPSA) is 171 Å². The number of thioether (sulfide) groups is 1. The fraction of sp³-hybridized carbons (Fsp3) is 0.765. The summed E-state index contributed by atoms with van der Waals surface area (Å²) >= 11 is 5.52. The van der Waals surface area contributed by atoms with E-state index in [1.54, 1.807) is 13.8 Å². The third kappa shape index (κ3) is 9.70. The molecule has 0 radical (unpaired) electrons. The largest absolute Gasteiger partial charge is 0.480 e. The number of hydrogen-bond donors (Lipinski definition) is 7. The van der Waals surface area contributed by atoms with Crippen LogP contribution in [-0.4, -0.2) is 81.9 Å². The van der Waals surface area contributed by atoms with Crippen LogP contribution in [0.1, 0.15) is 27.2 Å². The van der Waals surface area contributed by atoms with Crippen molar-refractivity contribution in [2.75, 3.05) is 17.8 Å². The fourth-order valence-corrected chi connectivity index (χ4v) is 2.95. The van der Waals surface area contributed by atoms with Gasteiger partial charge in [-0.3, -0.25) is 14.4 Å². The van der Waals surface area contributed by atoms with Crippen LogP contribution in [-0.2, 0) is 19.2 Å². The van der Waals surface area contributed by atoms with Gasteiger partial charge in [-0.15, -0.1) is 0 Å². The van der Waals surface area contributed by atoms with Crippen LogP contribution in [0.2, 0.25) is 0 Å². The summed E-state index contributed by atoms with van der Waals surface area (Å²) in [6.45, 7) is 4.65. The van der Waals surface area contributed by atoms with E-state index in [0.717, 1.165) is 0 Å². The molecule has 0 aromatic rings. The molecule has 0 saturated carbocycles. The summed E-state index contributed by atoms with van der Waals surface area (Å²) in [5, 5.41) is 26.0. The predicted molar refractivity (Wildman–Crippen MR) is 115 cm³/mol. The highest BCUT2D eigenvalue weighted by Gasteiger charge is 2.31. The SMILES string of the molecule is CSCCC(NC(=O)C(N)C(C)O)C(=O)NC(CS)C(=O)NC(C(=O)O)C(C)C. The van der Waals surface area contributed by atoms with E-state index in [9.17, 15) is 29.4 Å². The van der Waals surface area contributed by atoms with Crippen LogP contribution in [0.15, 0.2) is 0 Å². The average Bonchev–Trinajstić information content (AvgIpc) is 2.65. The zero-order chi connectivity index (χ0) is 22.7. The molecule has 0 heterocycles.